The topological polar surface area (TPSA) is 87.2 Å². The van der Waals surface area contributed by atoms with Crippen molar-refractivity contribution in [2.24, 2.45) is 16.7 Å². The first-order chi connectivity index (χ1) is 17.2. The van der Waals surface area contributed by atoms with E-state index in [9.17, 15) is 18.0 Å². The number of hydrogen-bond acceptors (Lipinski definition) is 5. The lowest BCUT2D eigenvalue weighted by Crippen LogP contribution is -2.71. The van der Waals surface area contributed by atoms with Crippen molar-refractivity contribution in [3.8, 4) is 0 Å². The number of aromatic amines is 1. The predicted molar refractivity (Wildman–Crippen MR) is 121 cm³/mol. The van der Waals surface area contributed by atoms with Crippen molar-refractivity contribution in [2.75, 3.05) is 39.4 Å². The molecule has 2 spiro atoms. The minimum absolute atomic E-state index is 0.148. The van der Waals surface area contributed by atoms with Gasteiger partial charge in [0.2, 0.25) is 0 Å². The number of alkyl halides is 3. The molecule has 0 atom stereocenters. The van der Waals surface area contributed by atoms with E-state index in [1.165, 1.54) is 6.07 Å². The van der Waals surface area contributed by atoms with Crippen LogP contribution in [0.2, 0.25) is 0 Å². The highest BCUT2D eigenvalue weighted by Gasteiger charge is 2.58. The number of likely N-dealkylation sites (tertiary alicyclic amines) is 2. The van der Waals surface area contributed by atoms with Gasteiger partial charge in [0.15, 0.2) is 5.82 Å². The second kappa shape index (κ2) is 7.66. The van der Waals surface area contributed by atoms with Crippen molar-refractivity contribution in [1.29, 1.82) is 0 Å². The van der Waals surface area contributed by atoms with Crippen LogP contribution in [0.4, 0.5) is 18.0 Å². The van der Waals surface area contributed by atoms with E-state index in [1.807, 2.05) is 9.80 Å². The largest absolute Gasteiger partial charge is 0.417 e. The van der Waals surface area contributed by atoms with Crippen molar-refractivity contribution in [3.05, 3.63) is 41.2 Å². The molecule has 2 aromatic rings. The summed E-state index contributed by atoms with van der Waals surface area (Å²) in [5.74, 6) is 3.00. The van der Waals surface area contributed by atoms with Gasteiger partial charge in [-0.2, -0.15) is 18.3 Å². The number of pyridine rings is 1. The van der Waals surface area contributed by atoms with E-state index in [0.717, 1.165) is 75.8 Å². The Labute approximate surface area is 206 Å². The minimum Gasteiger partial charge on any atom is -0.380 e. The fourth-order valence-electron chi connectivity index (χ4n) is 7.05. The normalized spacial score (nSPS) is 25.2. The number of ether oxygens (including phenoxy) is 1. The van der Waals surface area contributed by atoms with Gasteiger partial charge in [-0.3, -0.25) is 10.1 Å². The Bertz CT molecular complexity index is 1150. The molecular weight excluding hydrogens is 473 g/mol. The molecule has 8 nitrogen and oxygen atoms in total. The van der Waals surface area contributed by atoms with Crippen molar-refractivity contribution in [2.45, 2.75) is 50.1 Å². The lowest BCUT2D eigenvalue weighted by molar-refractivity contribution is -0.137. The maximum Gasteiger partial charge on any atom is 0.417 e. The number of hydrogen-bond donors (Lipinski definition) is 1. The summed E-state index contributed by atoms with van der Waals surface area (Å²) >= 11 is 0. The Balaban J connectivity index is 0.835. The minimum atomic E-state index is -4.35. The number of aromatic nitrogens is 4. The van der Waals surface area contributed by atoms with Crippen LogP contribution in [0, 0.1) is 16.7 Å². The van der Waals surface area contributed by atoms with E-state index in [0.29, 0.717) is 43.1 Å². The van der Waals surface area contributed by atoms with Gasteiger partial charge in [0.05, 0.1) is 24.7 Å². The van der Waals surface area contributed by atoms with Gasteiger partial charge in [-0.1, -0.05) is 0 Å². The summed E-state index contributed by atoms with van der Waals surface area (Å²) in [6.45, 7) is 4.65. The Hall–Kier alpha value is -2.69. The summed E-state index contributed by atoms with van der Waals surface area (Å²) in [4.78, 5) is 25.5. The number of carbonyl (C=O) groups excluding carboxylic acids is 1. The number of urea groups is 1. The highest BCUT2D eigenvalue weighted by atomic mass is 19.4. The maximum atomic E-state index is 12.9. The zero-order valence-corrected chi connectivity index (χ0v) is 19.9. The van der Waals surface area contributed by atoms with Crippen LogP contribution < -0.4 is 0 Å². The van der Waals surface area contributed by atoms with Crippen LogP contribution in [0.1, 0.15) is 60.4 Å². The Kier molecular flexibility index (Phi) is 4.79. The summed E-state index contributed by atoms with van der Waals surface area (Å²) < 4.78 is 43.4. The summed E-state index contributed by atoms with van der Waals surface area (Å²) in [6, 6.07) is 2.74. The van der Waals surface area contributed by atoms with E-state index >= 15 is 0 Å². The average Bonchev–Trinajstić information content (AvgIpc) is 3.13. The number of rotatable bonds is 4. The van der Waals surface area contributed by atoms with Gasteiger partial charge in [0, 0.05) is 54.8 Å². The standard InChI is InChI=1S/C25H29F3N6O2/c26-25(27,28)18-1-2-19(29-8-18)3-15-4-23(5-15)11-33(12-23)22(35)34-13-24(14-34)6-16(7-24)20-30-21(32-31-20)17-9-36-10-17/h1-2,8,15-17H,3-7,9-14H2,(H,30,31,32). The molecule has 5 aliphatic rings. The third-order valence-corrected chi connectivity index (χ3v) is 9.01. The van der Waals surface area contributed by atoms with Crippen molar-refractivity contribution >= 4 is 6.03 Å². The molecule has 0 radical (unpaired) electrons. The Morgan fingerprint density at radius 2 is 1.69 bits per heavy atom. The summed E-state index contributed by atoms with van der Waals surface area (Å²) in [5, 5.41) is 7.46. The average molecular weight is 503 g/mol. The molecule has 2 aliphatic carbocycles. The van der Waals surface area contributed by atoms with Gasteiger partial charge >= 0.3 is 12.2 Å². The smallest absolute Gasteiger partial charge is 0.380 e. The quantitative estimate of drug-likeness (QED) is 0.691. The number of nitrogens with one attached hydrogen (secondary N) is 1. The number of nitrogens with zero attached hydrogens (tertiary/aromatic N) is 5. The molecule has 5 heterocycles. The maximum absolute atomic E-state index is 12.9. The lowest BCUT2D eigenvalue weighted by atomic mass is 9.56. The van der Waals surface area contributed by atoms with E-state index in [1.54, 1.807) is 0 Å². The van der Waals surface area contributed by atoms with Gasteiger partial charge in [0.25, 0.3) is 0 Å². The molecule has 192 valence electrons. The molecule has 1 N–H and O–H groups in total. The van der Waals surface area contributed by atoms with E-state index in [2.05, 4.69) is 20.2 Å². The highest BCUT2D eigenvalue weighted by Crippen LogP contribution is 2.57. The molecule has 11 heteroatoms. The lowest BCUT2D eigenvalue weighted by Gasteiger charge is -2.63. The summed E-state index contributed by atoms with van der Waals surface area (Å²) in [5.41, 5.74) is 0.442. The third-order valence-electron chi connectivity index (χ3n) is 9.01. The van der Waals surface area contributed by atoms with Crippen LogP contribution in [0.15, 0.2) is 18.3 Å². The van der Waals surface area contributed by atoms with Crippen LogP contribution in [-0.2, 0) is 17.3 Å². The third kappa shape index (κ3) is 3.69. The number of halogens is 3. The molecule has 36 heavy (non-hydrogen) atoms. The molecule has 0 bridgehead atoms. The fourth-order valence-corrected chi connectivity index (χ4v) is 7.05. The number of H-pyrrole nitrogens is 1. The van der Waals surface area contributed by atoms with Crippen molar-refractivity contribution in [3.63, 3.8) is 0 Å². The monoisotopic (exact) mass is 502 g/mol. The molecular formula is C25H29F3N6O2. The highest BCUT2D eigenvalue weighted by molar-refractivity contribution is 5.77. The van der Waals surface area contributed by atoms with Crippen molar-refractivity contribution < 1.29 is 22.7 Å². The second-order valence-corrected chi connectivity index (χ2v) is 11.9. The van der Waals surface area contributed by atoms with E-state index < -0.39 is 11.7 Å². The zero-order valence-electron chi connectivity index (χ0n) is 19.9. The second-order valence-electron chi connectivity index (χ2n) is 11.9. The van der Waals surface area contributed by atoms with E-state index in [-0.39, 0.29) is 16.9 Å². The Morgan fingerprint density at radius 3 is 2.25 bits per heavy atom. The van der Waals surface area contributed by atoms with Crippen LogP contribution >= 0.6 is 0 Å². The first-order valence-corrected chi connectivity index (χ1v) is 12.8. The molecule has 7 rings (SSSR count). The van der Waals surface area contributed by atoms with Gasteiger partial charge < -0.3 is 14.5 Å². The van der Waals surface area contributed by atoms with E-state index in [4.69, 9.17) is 4.74 Å². The van der Waals surface area contributed by atoms with Gasteiger partial charge in [-0.25, -0.2) is 9.78 Å². The Morgan fingerprint density at radius 1 is 1.03 bits per heavy atom. The molecule has 5 fully saturated rings. The van der Waals surface area contributed by atoms with Crippen LogP contribution in [0.25, 0.3) is 0 Å². The molecule has 2 amide bonds. The molecule has 0 unspecified atom stereocenters. The van der Waals surface area contributed by atoms with Crippen molar-refractivity contribution in [1.82, 2.24) is 30.0 Å². The van der Waals surface area contributed by atoms with Crippen LogP contribution in [0.5, 0.6) is 0 Å². The first kappa shape index (κ1) is 22.5. The first-order valence-electron chi connectivity index (χ1n) is 12.8. The molecule has 3 aliphatic heterocycles. The van der Waals surface area contributed by atoms with Crippen LogP contribution in [-0.4, -0.2) is 75.4 Å². The van der Waals surface area contributed by atoms with Crippen LogP contribution in [0.3, 0.4) is 0 Å². The predicted octanol–water partition coefficient (Wildman–Crippen LogP) is 3.59. The molecule has 0 aromatic carbocycles. The fraction of sp³-hybridized carbons (Fsp3) is 0.680. The van der Waals surface area contributed by atoms with Gasteiger partial charge in [0.1, 0.15) is 5.82 Å². The SMILES string of the molecule is O=C(N1CC2(CC(Cc3ccc(C(F)(F)F)cn3)C2)C1)N1CC2(CC(c3nc(C4COC4)n[nH]3)C2)C1. The zero-order chi connectivity index (χ0) is 24.7. The number of carbonyl (C=O) groups is 1. The number of amides is 2. The summed E-state index contributed by atoms with van der Waals surface area (Å²) in [7, 11) is 0. The summed E-state index contributed by atoms with van der Waals surface area (Å²) in [6.07, 6.45) is 1.40. The molecule has 3 saturated heterocycles. The molecule has 2 saturated carbocycles. The molecule has 2 aromatic heterocycles. The van der Waals surface area contributed by atoms with Gasteiger partial charge in [-0.05, 0) is 50.2 Å². The van der Waals surface area contributed by atoms with Gasteiger partial charge in [-0.15, -0.1) is 0 Å².